The molecule has 0 unspecified atom stereocenters. The second kappa shape index (κ2) is 4.77. The van der Waals surface area contributed by atoms with Gasteiger partial charge in [-0.15, -0.1) is 11.8 Å². The van der Waals surface area contributed by atoms with Crippen molar-refractivity contribution in [1.82, 2.24) is 4.90 Å². The van der Waals surface area contributed by atoms with E-state index in [1.54, 1.807) is 12.1 Å². The maximum atomic E-state index is 12.6. The lowest BCUT2D eigenvalue weighted by Gasteiger charge is -2.12. The second-order valence-electron chi connectivity index (χ2n) is 3.52. The number of carbonyl (C=O) groups is 1. The van der Waals surface area contributed by atoms with Crippen LogP contribution in [0.3, 0.4) is 0 Å². The topological polar surface area (TPSA) is 20.3 Å². The molecule has 0 bridgehead atoms. The normalized spacial score (nSPS) is 16.9. The standard InChI is InChI=1S/C11H12FNOS/c12-10-3-1-9(2-4-10)11(14)7-13-5-6-15-8-13/h1-4H,5-8H2. The number of halogens is 1. The van der Waals surface area contributed by atoms with E-state index in [4.69, 9.17) is 0 Å². The van der Waals surface area contributed by atoms with E-state index in [0.717, 1.165) is 18.2 Å². The monoisotopic (exact) mass is 225 g/mol. The Balaban J connectivity index is 1.98. The van der Waals surface area contributed by atoms with Gasteiger partial charge < -0.3 is 0 Å². The van der Waals surface area contributed by atoms with Crippen LogP contribution in [0.15, 0.2) is 24.3 Å². The highest BCUT2D eigenvalue weighted by molar-refractivity contribution is 7.99. The highest BCUT2D eigenvalue weighted by Crippen LogP contribution is 2.14. The molecule has 1 fully saturated rings. The van der Waals surface area contributed by atoms with Crippen molar-refractivity contribution in [3.8, 4) is 0 Å². The van der Waals surface area contributed by atoms with Crippen LogP contribution in [-0.2, 0) is 0 Å². The molecule has 0 aromatic heterocycles. The average molecular weight is 225 g/mol. The summed E-state index contributed by atoms with van der Waals surface area (Å²) in [5.74, 6) is 1.78. The van der Waals surface area contributed by atoms with Gasteiger partial charge in [-0.3, -0.25) is 9.69 Å². The zero-order valence-electron chi connectivity index (χ0n) is 8.28. The number of benzene rings is 1. The Labute approximate surface area is 92.5 Å². The molecule has 2 nitrogen and oxygen atoms in total. The molecule has 1 saturated heterocycles. The summed E-state index contributed by atoms with van der Waals surface area (Å²) >= 11 is 1.84. The molecule has 0 radical (unpaired) electrons. The van der Waals surface area contributed by atoms with E-state index in [1.165, 1.54) is 12.1 Å². The van der Waals surface area contributed by atoms with Crippen molar-refractivity contribution in [2.24, 2.45) is 0 Å². The summed E-state index contributed by atoms with van der Waals surface area (Å²) in [5, 5.41) is 0. The fourth-order valence-electron chi connectivity index (χ4n) is 1.51. The van der Waals surface area contributed by atoms with Gasteiger partial charge in [-0.25, -0.2) is 4.39 Å². The maximum Gasteiger partial charge on any atom is 0.176 e. The van der Waals surface area contributed by atoms with E-state index in [2.05, 4.69) is 4.90 Å². The molecule has 0 saturated carbocycles. The quantitative estimate of drug-likeness (QED) is 0.734. The molecule has 4 heteroatoms. The Kier molecular flexibility index (Phi) is 3.38. The molecule has 0 spiro atoms. The van der Waals surface area contributed by atoms with Crippen LogP contribution in [0.1, 0.15) is 10.4 Å². The molecule has 0 atom stereocenters. The molecule has 0 aliphatic carbocycles. The molecule has 1 heterocycles. The number of thioether (sulfide) groups is 1. The van der Waals surface area contributed by atoms with Crippen molar-refractivity contribution < 1.29 is 9.18 Å². The van der Waals surface area contributed by atoms with Crippen molar-refractivity contribution >= 4 is 17.5 Å². The number of hydrogen-bond acceptors (Lipinski definition) is 3. The highest BCUT2D eigenvalue weighted by atomic mass is 32.2. The molecular formula is C11H12FNOS. The molecule has 1 aliphatic heterocycles. The summed E-state index contributed by atoms with van der Waals surface area (Å²) in [5.41, 5.74) is 0.591. The Morgan fingerprint density at radius 1 is 1.40 bits per heavy atom. The molecule has 1 aliphatic rings. The van der Waals surface area contributed by atoms with Crippen LogP contribution in [0.5, 0.6) is 0 Å². The van der Waals surface area contributed by atoms with E-state index in [1.807, 2.05) is 11.8 Å². The van der Waals surface area contributed by atoms with Crippen LogP contribution in [0.2, 0.25) is 0 Å². The largest absolute Gasteiger partial charge is 0.293 e. The van der Waals surface area contributed by atoms with Crippen LogP contribution in [0, 0.1) is 5.82 Å². The molecule has 0 N–H and O–H groups in total. The minimum Gasteiger partial charge on any atom is -0.293 e. The zero-order chi connectivity index (χ0) is 10.7. The van der Waals surface area contributed by atoms with Crippen molar-refractivity contribution in [2.45, 2.75) is 0 Å². The smallest absolute Gasteiger partial charge is 0.176 e. The lowest BCUT2D eigenvalue weighted by atomic mass is 10.1. The summed E-state index contributed by atoms with van der Waals surface area (Å²) in [6.07, 6.45) is 0. The van der Waals surface area contributed by atoms with Gasteiger partial charge in [-0.2, -0.15) is 0 Å². The van der Waals surface area contributed by atoms with Gasteiger partial charge in [0.05, 0.1) is 6.54 Å². The van der Waals surface area contributed by atoms with Gasteiger partial charge in [-0.1, -0.05) is 0 Å². The van der Waals surface area contributed by atoms with Gasteiger partial charge in [0, 0.05) is 23.7 Å². The lowest BCUT2D eigenvalue weighted by Crippen LogP contribution is -2.26. The van der Waals surface area contributed by atoms with Crippen molar-refractivity contribution in [1.29, 1.82) is 0 Å². The number of Topliss-reactive ketones (excluding diaryl/α,β-unsaturated/α-hetero) is 1. The maximum absolute atomic E-state index is 12.6. The minimum atomic E-state index is -0.303. The van der Waals surface area contributed by atoms with Crippen LogP contribution < -0.4 is 0 Å². The third-order valence-corrected chi connectivity index (χ3v) is 3.38. The molecule has 1 aromatic carbocycles. The van der Waals surface area contributed by atoms with Gasteiger partial charge >= 0.3 is 0 Å². The minimum absolute atomic E-state index is 0.0671. The molecular weight excluding hydrogens is 213 g/mol. The SMILES string of the molecule is O=C(CN1CCSC1)c1ccc(F)cc1. The Morgan fingerprint density at radius 3 is 2.73 bits per heavy atom. The Bertz CT molecular complexity index is 346. The van der Waals surface area contributed by atoms with E-state index < -0.39 is 0 Å². The van der Waals surface area contributed by atoms with E-state index >= 15 is 0 Å². The number of ketones is 1. The third-order valence-electron chi connectivity index (χ3n) is 2.36. The second-order valence-corrected chi connectivity index (χ2v) is 4.59. The molecule has 0 amide bonds. The summed E-state index contributed by atoms with van der Waals surface area (Å²) in [4.78, 5) is 13.8. The van der Waals surface area contributed by atoms with E-state index in [0.29, 0.717) is 12.1 Å². The van der Waals surface area contributed by atoms with Gasteiger partial charge in [0.15, 0.2) is 5.78 Å². The van der Waals surface area contributed by atoms with Crippen molar-refractivity contribution in [3.63, 3.8) is 0 Å². The first kappa shape index (κ1) is 10.6. The van der Waals surface area contributed by atoms with Gasteiger partial charge in [-0.05, 0) is 24.3 Å². The Morgan fingerprint density at radius 2 is 2.13 bits per heavy atom. The van der Waals surface area contributed by atoms with Crippen LogP contribution in [0.4, 0.5) is 4.39 Å². The fraction of sp³-hybridized carbons (Fsp3) is 0.364. The number of nitrogens with zero attached hydrogens (tertiary/aromatic N) is 1. The summed E-state index contributed by atoms with van der Waals surface area (Å²) in [7, 11) is 0. The van der Waals surface area contributed by atoms with Gasteiger partial charge in [0.1, 0.15) is 5.82 Å². The van der Waals surface area contributed by atoms with Crippen molar-refractivity contribution in [2.75, 3.05) is 24.7 Å². The zero-order valence-corrected chi connectivity index (χ0v) is 9.10. The van der Waals surface area contributed by atoms with Crippen LogP contribution in [0.25, 0.3) is 0 Å². The lowest BCUT2D eigenvalue weighted by molar-refractivity contribution is 0.0949. The summed E-state index contributed by atoms with van der Waals surface area (Å²) in [6, 6.07) is 5.74. The molecule has 2 rings (SSSR count). The molecule has 1 aromatic rings. The van der Waals surface area contributed by atoms with Crippen molar-refractivity contribution in [3.05, 3.63) is 35.6 Å². The van der Waals surface area contributed by atoms with Gasteiger partial charge in [0.25, 0.3) is 0 Å². The molecule has 15 heavy (non-hydrogen) atoms. The van der Waals surface area contributed by atoms with Crippen LogP contribution >= 0.6 is 11.8 Å². The Hall–Kier alpha value is -0.870. The first-order valence-electron chi connectivity index (χ1n) is 4.84. The first-order chi connectivity index (χ1) is 7.25. The number of carbonyl (C=O) groups excluding carboxylic acids is 1. The summed E-state index contributed by atoms with van der Waals surface area (Å²) < 4.78 is 12.6. The number of rotatable bonds is 3. The molecule has 80 valence electrons. The fourth-order valence-corrected chi connectivity index (χ4v) is 2.50. The number of hydrogen-bond donors (Lipinski definition) is 0. The van der Waals surface area contributed by atoms with E-state index in [-0.39, 0.29) is 11.6 Å². The first-order valence-corrected chi connectivity index (χ1v) is 6.00. The average Bonchev–Trinajstić information content (AvgIpc) is 2.71. The third kappa shape index (κ3) is 2.79. The van der Waals surface area contributed by atoms with Crippen LogP contribution in [-0.4, -0.2) is 35.4 Å². The van der Waals surface area contributed by atoms with E-state index in [9.17, 15) is 9.18 Å². The highest BCUT2D eigenvalue weighted by Gasteiger charge is 2.16. The van der Waals surface area contributed by atoms with Gasteiger partial charge in [0.2, 0.25) is 0 Å². The summed E-state index contributed by atoms with van der Waals surface area (Å²) in [6.45, 7) is 1.41. The predicted molar refractivity (Wildman–Crippen MR) is 59.6 cm³/mol. The predicted octanol–water partition coefficient (Wildman–Crippen LogP) is 2.01.